The van der Waals surface area contributed by atoms with Crippen LogP contribution >= 0.6 is 0 Å². The van der Waals surface area contributed by atoms with E-state index in [1.807, 2.05) is 0 Å². The molecule has 0 radical (unpaired) electrons. The first-order valence-electron chi connectivity index (χ1n) is 6.70. The van der Waals surface area contributed by atoms with Crippen molar-refractivity contribution in [2.75, 3.05) is 13.6 Å². The lowest BCUT2D eigenvalue weighted by atomic mass is 10.2. The van der Waals surface area contributed by atoms with Gasteiger partial charge in [-0.3, -0.25) is 9.59 Å². The third-order valence-electron chi connectivity index (χ3n) is 2.64. The van der Waals surface area contributed by atoms with E-state index in [-0.39, 0.29) is 18.2 Å². The first-order valence-corrected chi connectivity index (χ1v) is 6.70. The monoisotopic (exact) mass is 294 g/mol. The Kier molecular flexibility index (Phi) is 5.72. The molecule has 21 heavy (non-hydrogen) atoms. The molecule has 6 heteroatoms. The summed E-state index contributed by atoms with van der Waals surface area (Å²) in [4.78, 5) is 23.8. The molecule has 1 aromatic rings. The van der Waals surface area contributed by atoms with E-state index < -0.39 is 17.6 Å². The second-order valence-electron chi connectivity index (χ2n) is 5.63. The van der Waals surface area contributed by atoms with Crippen LogP contribution in [0.2, 0.25) is 0 Å². The molecule has 0 aliphatic carbocycles. The maximum absolute atomic E-state index is 11.9. The van der Waals surface area contributed by atoms with E-state index in [9.17, 15) is 14.7 Å². The predicted octanol–water partition coefficient (Wildman–Crippen LogP) is 1.05. The van der Waals surface area contributed by atoms with E-state index in [2.05, 4.69) is 10.6 Å². The third-order valence-corrected chi connectivity index (χ3v) is 2.64. The van der Waals surface area contributed by atoms with E-state index in [4.69, 9.17) is 4.74 Å². The van der Waals surface area contributed by atoms with Gasteiger partial charge in [0.05, 0.1) is 0 Å². The molecule has 1 atom stereocenters. The van der Waals surface area contributed by atoms with Crippen LogP contribution in [0.5, 0.6) is 5.75 Å². The number of carbonyl (C=O) groups excluding carboxylic acids is 2. The number of phenols is 1. The van der Waals surface area contributed by atoms with Crippen LogP contribution in [0.25, 0.3) is 0 Å². The Morgan fingerprint density at radius 1 is 1.24 bits per heavy atom. The molecule has 0 spiro atoms. The average Bonchev–Trinajstić information content (AvgIpc) is 2.37. The number of nitrogens with one attached hydrogen (secondary N) is 2. The Balaban J connectivity index is 2.57. The van der Waals surface area contributed by atoms with Crippen molar-refractivity contribution in [2.45, 2.75) is 32.4 Å². The van der Waals surface area contributed by atoms with Crippen LogP contribution < -0.4 is 10.6 Å². The third kappa shape index (κ3) is 5.83. The summed E-state index contributed by atoms with van der Waals surface area (Å²) >= 11 is 0. The first kappa shape index (κ1) is 17.0. The van der Waals surface area contributed by atoms with Crippen molar-refractivity contribution < 1.29 is 19.4 Å². The van der Waals surface area contributed by atoms with Gasteiger partial charge in [0.15, 0.2) is 0 Å². The van der Waals surface area contributed by atoms with Crippen LogP contribution in [0.15, 0.2) is 24.3 Å². The first-order chi connectivity index (χ1) is 9.73. The summed E-state index contributed by atoms with van der Waals surface area (Å²) in [6.45, 7) is 5.47. The summed E-state index contributed by atoms with van der Waals surface area (Å²) in [6, 6.07) is 5.25. The van der Waals surface area contributed by atoms with Gasteiger partial charge >= 0.3 is 5.97 Å². The fourth-order valence-corrected chi connectivity index (χ4v) is 1.59. The van der Waals surface area contributed by atoms with E-state index >= 15 is 0 Å². The van der Waals surface area contributed by atoms with Crippen LogP contribution in [0.1, 0.15) is 31.1 Å². The SMILES string of the molecule is CNC(CNC(=O)c1ccc(O)cc1)C(=O)OC(C)(C)C. The normalized spacial score (nSPS) is 12.6. The molecule has 116 valence electrons. The Hall–Kier alpha value is -2.08. The number of carbonyl (C=O) groups is 2. The predicted molar refractivity (Wildman–Crippen MR) is 79.1 cm³/mol. The number of rotatable bonds is 5. The maximum atomic E-state index is 11.9. The van der Waals surface area contributed by atoms with Crippen LogP contribution in [-0.4, -0.2) is 42.2 Å². The second-order valence-corrected chi connectivity index (χ2v) is 5.63. The number of hydrogen-bond acceptors (Lipinski definition) is 5. The number of amides is 1. The molecule has 0 heterocycles. The van der Waals surface area contributed by atoms with Crippen molar-refractivity contribution in [3.63, 3.8) is 0 Å². The quantitative estimate of drug-likeness (QED) is 0.707. The highest BCUT2D eigenvalue weighted by molar-refractivity contribution is 5.94. The Labute approximate surface area is 124 Å². The number of phenolic OH excluding ortho intramolecular Hbond substituents is 1. The van der Waals surface area contributed by atoms with E-state index in [1.54, 1.807) is 27.8 Å². The minimum absolute atomic E-state index is 0.0911. The molecule has 0 saturated heterocycles. The maximum Gasteiger partial charge on any atom is 0.325 e. The Bertz CT molecular complexity index is 491. The number of ether oxygens (including phenoxy) is 1. The fourth-order valence-electron chi connectivity index (χ4n) is 1.59. The van der Waals surface area contributed by atoms with Gasteiger partial charge < -0.3 is 20.5 Å². The Morgan fingerprint density at radius 2 is 1.81 bits per heavy atom. The molecule has 1 aromatic carbocycles. The standard InChI is InChI=1S/C15H22N2O4/c1-15(2,3)21-14(20)12(16-4)9-17-13(19)10-5-7-11(18)8-6-10/h5-8,12,16,18H,9H2,1-4H3,(H,17,19). The zero-order chi connectivity index (χ0) is 16.0. The molecular formula is C15H22N2O4. The summed E-state index contributed by atoms with van der Waals surface area (Å²) in [7, 11) is 1.63. The lowest BCUT2D eigenvalue weighted by molar-refractivity contribution is -0.157. The van der Waals surface area contributed by atoms with Crippen molar-refractivity contribution in [2.24, 2.45) is 0 Å². The molecule has 0 saturated carbocycles. The summed E-state index contributed by atoms with van der Waals surface area (Å²) in [6.07, 6.45) is 0. The van der Waals surface area contributed by atoms with Crippen molar-refractivity contribution in [1.82, 2.24) is 10.6 Å². The molecule has 0 fully saturated rings. The summed E-state index contributed by atoms with van der Waals surface area (Å²) in [5.41, 5.74) is -0.167. The van der Waals surface area contributed by atoms with Gasteiger partial charge in [0.2, 0.25) is 0 Å². The van der Waals surface area contributed by atoms with Gasteiger partial charge in [0, 0.05) is 12.1 Å². The van der Waals surface area contributed by atoms with Gasteiger partial charge in [-0.15, -0.1) is 0 Å². The summed E-state index contributed by atoms with van der Waals surface area (Å²) in [5.74, 6) is -0.650. The number of esters is 1. The number of aromatic hydroxyl groups is 1. The van der Waals surface area contributed by atoms with Crippen molar-refractivity contribution in [3.05, 3.63) is 29.8 Å². The average molecular weight is 294 g/mol. The molecule has 1 rings (SSSR count). The summed E-state index contributed by atoms with van der Waals surface area (Å²) in [5, 5.41) is 14.6. The number of benzene rings is 1. The minimum Gasteiger partial charge on any atom is -0.508 e. The largest absolute Gasteiger partial charge is 0.508 e. The molecule has 1 unspecified atom stereocenters. The van der Waals surface area contributed by atoms with Gasteiger partial charge in [-0.05, 0) is 52.1 Å². The molecule has 3 N–H and O–H groups in total. The van der Waals surface area contributed by atoms with Gasteiger partial charge in [0.25, 0.3) is 5.91 Å². The topological polar surface area (TPSA) is 87.7 Å². The highest BCUT2D eigenvalue weighted by Crippen LogP contribution is 2.10. The minimum atomic E-state index is -0.620. The van der Waals surface area contributed by atoms with Crippen molar-refractivity contribution >= 4 is 11.9 Å². The molecular weight excluding hydrogens is 272 g/mol. The summed E-state index contributed by atoms with van der Waals surface area (Å²) < 4.78 is 5.26. The van der Waals surface area contributed by atoms with Crippen LogP contribution in [0, 0.1) is 0 Å². The molecule has 6 nitrogen and oxygen atoms in total. The fraction of sp³-hybridized carbons (Fsp3) is 0.467. The van der Waals surface area contributed by atoms with E-state index in [1.165, 1.54) is 24.3 Å². The highest BCUT2D eigenvalue weighted by Gasteiger charge is 2.24. The number of likely N-dealkylation sites (N-methyl/N-ethyl adjacent to an activating group) is 1. The molecule has 0 bridgehead atoms. The van der Waals surface area contributed by atoms with E-state index in [0.717, 1.165) is 0 Å². The van der Waals surface area contributed by atoms with Gasteiger partial charge in [-0.2, -0.15) is 0 Å². The molecule has 0 aliphatic heterocycles. The highest BCUT2D eigenvalue weighted by atomic mass is 16.6. The zero-order valence-electron chi connectivity index (χ0n) is 12.8. The van der Waals surface area contributed by atoms with Gasteiger partial charge in [-0.25, -0.2) is 0 Å². The molecule has 0 aliphatic rings. The van der Waals surface area contributed by atoms with Crippen LogP contribution in [0.3, 0.4) is 0 Å². The van der Waals surface area contributed by atoms with Gasteiger partial charge in [0.1, 0.15) is 17.4 Å². The molecule has 1 amide bonds. The zero-order valence-corrected chi connectivity index (χ0v) is 12.8. The second kappa shape index (κ2) is 7.08. The van der Waals surface area contributed by atoms with Crippen LogP contribution in [-0.2, 0) is 9.53 Å². The lowest BCUT2D eigenvalue weighted by Crippen LogP contribution is -2.47. The van der Waals surface area contributed by atoms with Crippen LogP contribution in [0.4, 0.5) is 0 Å². The van der Waals surface area contributed by atoms with Crippen molar-refractivity contribution in [1.29, 1.82) is 0 Å². The Morgan fingerprint density at radius 3 is 2.29 bits per heavy atom. The molecule has 0 aromatic heterocycles. The van der Waals surface area contributed by atoms with Crippen molar-refractivity contribution in [3.8, 4) is 5.75 Å². The van der Waals surface area contributed by atoms with E-state index in [0.29, 0.717) is 5.56 Å². The van der Waals surface area contributed by atoms with Gasteiger partial charge in [-0.1, -0.05) is 0 Å². The number of hydrogen-bond donors (Lipinski definition) is 3. The smallest absolute Gasteiger partial charge is 0.325 e. The lowest BCUT2D eigenvalue weighted by Gasteiger charge is -2.23.